The molecule has 0 radical (unpaired) electrons. The van der Waals surface area contributed by atoms with E-state index in [9.17, 15) is 29.7 Å². The number of ketones is 1. The lowest BCUT2D eigenvalue weighted by Crippen LogP contribution is -2.48. The van der Waals surface area contributed by atoms with Gasteiger partial charge in [0.2, 0.25) is 5.91 Å². The number of nitrogens with two attached hydrogens (primary N) is 1. The fourth-order valence-electron chi connectivity index (χ4n) is 6.72. The lowest BCUT2D eigenvalue weighted by Gasteiger charge is -2.39. The second-order valence-corrected chi connectivity index (χ2v) is 11.9. The number of aromatic hydroxyl groups is 2. The molecule has 3 fully saturated rings. The normalized spacial score (nSPS) is 29.8. The van der Waals surface area contributed by atoms with E-state index >= 15 is 0 Å². The fraction of sp³-hybridized carbons (Fsp3) is 0.679. The summed E-state index contributed by atoms with van der Waals surface area (Å²) in [5.74, 6) is -2.27. The summed E-state index contributed by atoms with van der Waals surface area (Å²) >= 11 is 0. The summed E-state index contributed by atoms with van der Waals surface area (Å²) in [6, 6.07) is 3.36. The molecule has 3 aliphatic rings. The van der Waals surface area contributed by atoms with Crippen LogP contribution in [0.2, 0.25) is 0 Å². The Morgan fingerprint density at radius 1 is 1.16 bits per heavy atom. The number of rotatable bonds is 9. The van der Waals surface area contributed by atoms with Gasteiger partial charge < -0.3 is 30.7 Å². The summed E-state index contributed by atoms with van der Waals surface area (Å²) in [5, 5.41) is 29.5. The first-order valence-electron chi connectivity index (χ1n) is 13.3. The second-order valence-electron chi connectivity index (χ2n) is 11.9. The van der Waals surface area contributed by atoms with Crippen LogP contribution in [0, 0.1) is 22.7 Å². The molecule has 1 aliphatic heterocycles. The molecule has 5 N–H and O–H groups in total. The average Bonchev–Trinajstić information content (AvgIpc) is 3.48. The van der Waals surface area contributed by atoms with Crippen LogP contribution in [0.4, 0.5) is 0 Å². The third-order valence-corrected chi connectivity index (χ3v) is 9.70. The molecule has 0 aromatic heterocycles. The van der Waals surface area contributed by atoms with Gasteiger partial charge in [-0.2, -0.15) is 0 Å². The predicted octanol–water partition coefficient (Wildman–Crippen LogP) is 2.28. The Kier molecular flexibility index (Phi) is 7.59. The standard InChI is InChI=1S/C28H40N2O7/c1-27(2)18-8-9-28(27,3)24(14-18)37-26(36)19-5-4-10-30(19)25(35)17(15-29)13-23(34)22(33)12-16-6-7-20(31)21(32)11-16/h6-7,11,17-19,22,24,31-33H,4-5,8-10,12-15,29H2,1-3H3. The van der Waals surface area contributed by atoms with Crippen molar-refractivity contribution in [2.24, 2.45) is 28.4 Å². The topological polar surface area (TPSA) is 150 Å². The zero-order valence-corrected chi connectivity index (χ0v) is 22.0. The van der Waals surface area contributed by atoms with Gasteiger partial charge in [0, 0.05) is 31.3 Å². The highest BCUT2D eigenvalue weighted by molar-refractivity contribution is 5.91. The quantitative estimate of drug-likeness (QED) is 0.288. The Morgan fingerprint density at radius 2 is 1.89 bits per heavy atom. The van der Waals surface area contributed by atoms with Crippen molar-refractivity contribution in [1.82, 2.24) is 4.90 Å². The molecule has 1 aromatic rings. The van der Waals surface area contributed by atoms with Crippen LogP contribution >= 0.6 is 0 Å². The first kappa shape index (κ1) is 27.4. The van der Waals surface area contributed by atoms with Crippen LogP contribution in [-0.4, -0.2) is 69.2 Å². The number of hydrogen-bond donors (Lipinski definition) is 4. The Morgan fingerprint density at radius 3 is 2.49 bits per heavy atom. The van der Waals surface area contributed by atoms with E-state index in [2.05, 4.69) is 20.8 Å². The highest BCUT2D eigenvalue weighted by Gasteiger charge is 2.63. The number of nitrogens with zero attached hydrogens (tertiary/aromatic N) is 1. The van der Waals surface area contributed by atoms with Crippen molar-refractivity contribution in [1.29, 1.82) is 0 Å². The molecule has 9 nitrogen and oxygen atoms in total. The number of likely N-dealkylation sites (tertiary alicyclic amines) is 1. The lowest BCUT2D eigenvalue weighted by atomic mass is 9.70. The van der Waals surface area contributed by atoms with E-state index in [1.807, 2.05) is 0 Å². The van der Waals surface area contributed by atoms with Crippen molar-refractivity contribution < 1.29 is 34.4 Å². The first-order valence-corrected chi connectivity index (χ1v) is 13.3. The maximum atomic E-state index is 13.4. The van der Waals surface area contributed by atoms with Crippen molar-refractivity contribution >= 4 is 17.7 Å². The summed E-state index contributed by atoms with van der Waals surface area (Å²) in [4.78, 5) is 40.8. The molecule has 6 unspecified atom stereocenters. The number of phenols is 2. The molecule has 1 heterocycles. The third kappa shape index (κ3) is 4.95. The number of amides is 1. The van der Waals surface area contributed by atoms with Gasteiger partial charge in [-0.05, 0) is 61.1 Å². The van der Waals surface area contributed by atoms with Crippen molar-refractivity contribution in [2.75, 3.05) is 13.1 Å². The predicted molar refractivity (Wildman–Crippen MR) is 135 cm³/mol. The minimum atomic E-state index is -1.40. The van der Waals surface area contributed by atoms with Crippen LogP contribution < -0.4 is 5.73 Å². The molecular formula is C28H40N2O7. The number of aliphatic hydroxyl groups excluding tert-OH is 1. The molecule has 204 valence electrons. The van der Waals surface area contributed by atoms with E-state index in [0.717, 1.165) is 19.3 Å². The van der Waals surface area contributed by atoms with Gasteiger partial charge in [0.25, 0.3) is 0 Å². The van der Waals surface area contributed by atoms with Gasteiger partial charge in [-0.1, -0.05) is 26.8 Å². The summed E-state index contributed by atoms with van der Waals surface area (Å²) in [6.07, 6.45) is 2.33. The fourth-order valence-corrected chi connectivity index (χ4v) is 6.72. The Bertz CT molecular complexity index is 1060. The van der Waals surface area contributed by atoms with Crippen LogP contribution in [-0.2, 0) is 25.5 Å². The molecule has 6 atom stereocenters. The van der Waals surface area contributed by atoms with Gasteiger partial charge in [0.05, 0.1) is 5.92 Å². The monoisotopic (exact) mass is 516 g/mol. The molecule has 2 saturated carbocycles. The zero-order chi connectivity index (χ0) is 27.1. The number of carbonyl (C=O) groups is 3. The molecule has 0 spiro atoms. The highest BCUT2D eigenvalue weighted by Crippen LogP contribution is 2.66. The van der Waals surface area contributed by atoms with Crippen molar-refractivity contribution in [3.05, 3.63) is 23.8 Å². The van der Waals surface area contributed by atoms with Gasteiger partial charge >= 0.3 is 5.97 Å². The molecule has 4 rings (SSSR count). The molecule has 1 aromatic carbocycles. The maximum absolute atomic E-state index is 13.4. The zero-order valence-electron chi connectivity index (χ0n) is 22.0. The Labute approximate surface area is 218 Å². The van der Waals surface area contributed by atoms with Gasteiger partial charge in [0.15, 0.2) is 17.3 Å². The summed E-state index contributed by atoms with van der Waals surface area (Å²) in [6.45, 7) is 7.02. The average molecular weight is 517 g/mol. The smallest absolute Gasteiger partial charge is 0.329 e. The molecular weight excluding hydrogens is 476 g/mol. The number of phenolic OH excluding ortho intramolecular Hbond substituents is 2. The number of Topliss-reactive ketones (excluding diaryl/α,β-unsaturated/α-hetero) is 1. The summed E-state index contributed by atoms with van der Waals surface area (Å²) in [7, 11) is 0. The minimum Gasteiger partial charge on any atom is -0.504 e. The molecule has 2 aliphatic carbocycles. The molecule has 9 heteroatoms. The van der Waals surface area contributed by atoms with Crippen molar-refractivity contribution in [3.63, 3.8) is 0 Å². The van der Waals surface area contributed by atoms with E-state index in [-0.39, 0.29) is 59.7 Å². The molecule has 1 amide bonds. The Hall–Kier alpha value is -2.65. The van der Waals surface area contributed by atoms with Crippen LogP contribution in [0.25, 0.3) is 0 Å². The number of fused-ring (bicyclic) bond motifs is 2. The largest absolute Gasteiger partial charge is 0.504 e. The minimum absolute atomic E-state index is 0.0720. The second kappa shape index (κ2) is 10.3. The van der Waals surface area contributed by atoms with Crippen LogP contribution in [0.15, 0.2) is 18.2 Å². The first-order chi connectivity index (χ1) is 17.4. The van der Waals surface area contributed by atoms with Gasteiger partial charge in [0.1, 0.15) is 18.2 Å². The number of carbonyl (C=O) groups excluding carboxylic acids is 3. The maximum Gasteiger partial charge on any atom is 0.329 e. The van der Waals surface area contributed by atoms with E-state index in [1.54, 1.807) is 0 Å². The van der Waals surface area contributed by atoms with Gasteiger partial charge in [-0.15, -0.1) is 0 Å². The van der Waals surface area contributed by atoms with E-state index in [4.69, 9.17) is 10.5 Å². The van der Waals surface area contributed by atoms with Crippen molar-refractivity contribution in [3.8, 4) is 11.5 Å². The van der Waals surface area contributed by atoms with Crippen LogP contribution in [0.3, 0.4) is 0 Å². The van der Waals surface area contributed by atoms with Gasteiger partial charge in [-0.25, -0.2) is 4.79 Å². The summed E-state index contributed by atoms with van der Waals surface area (Å²) < 4.78 is 6.06. The van der Waals surface area contributed by atoms with Crippen LogP contribution in [0.5, 0.6) is 11.5 Å². The van der Waals surface area contributed by atoms with E-state index in [1.165, 1.54) is 23.1 Å². The third-order valence-electron chi connectivity index (χ3n) is 9.70. The summed E-state index contributed by atoms with van der Waals surface area (Å²) in [5.41, 5.74) is 6.36. The molecule has 2 bridgehead atoms. The van der Waals surface area contributed by atoms with E-state index < -0.39 is 23.8 Å². The highest BCUT2D eigenvalue weighted by atomic mass is 16.5. The number of hydrogen-bond acceptors (Lipinski definition) is 8. The SMILES string of the molecule is CC1(C)C2CCC1(C)C(OC(=O)C1CCCN1C(=O)C(CN)CC(=O)C(O)Cc1ccc(O)c(O)c1)C2. The number of benzene rings is 1. The number of esters is 1. The Balaban J connectivity index is 1.36. The lowest BCUT2D eigenvalue weighted by molar-refractivity contribution is -0.165. The number of ether oxygens (including phenoxy) is 1. The van der Waals surface area contributed by atoms with Crippen LogP contribution in [0.1, 0.15) is 64.9 Å². The van der Waals surface area contributed by atoms with Gasteiger partial charge in [-0.3, -0.25) is 9.59 Å². The molecule has 37 heavy (non-hydrogen) atoms. The van der Waals surface area contributed by atoms with Crippen molar-refractivity contribution in [2.45, 2.75) is 84.0 Å². The van der Waals surface area contributed by atoms with E-state index in [0.29, 0.717) is 30.9 Å². The molecule has 1 saturated heterocycles. The number of aliphatic hydroxyl groups is 1.